The van der Waals surface area contributed by atoms with Crippen molar-refractivity contribution in [1.82, 2.24) is 5.32 Å². The van der Waals surface area contributed by atoms with E-state index in [2.05, 4.69) is 26.0 Å². The quantitative estimate of drug-likeness (QED) is 0.665. The van der Waals surface area contributed by atoms with E-state index in [4.69, 9.17) is 0 Å². The number of hydrogen-bond acceptors (Lipinski definition) is 4. The molecule has 18 heavy (non-hydrogen) atoms. The molecule has 1 atom stereocenters. The maximum Gasteiger partial charge on any atom is 0.318 e. The molecule has 0 aliphatic carbocycles. The molecule has 1 aromatic rings. The molecule has 0 saturated heterocycles. The van der Waals surface area contributed by atoms with Gasteiger partial charge >= 0.3 is 5.97 Å². The summed E-state index contributed by atoms with van der Waals surface area (Å²) in [7, 11) is 1.29. The molecular weight excluding hydrogens is 318 g/mol. The van der Waals surface area contributed by atoms with Gasteiger partial charge in [-0.1, -0.05) is 13.8 Å². The van der Waals surface area contributed by atoms with Crippen LogP contribution in [0.4, 0.5) is 0 Å². The van der Waals surface area contributed by atoms with Gasteiger partial charge in [0.1, 0.15) is 5.92 Å². The molecule has 6 heteroatoms. The fourth-order valence-electron chi connectivity index (χ4n) is 1.54. The van der Waals surface area contributed by atoms with Crippen LogP contribution in [0.5, 0.6) is 0 Å². The van der Waals surface area contributed by atoms with Crippen LogP contribution < -0.4 is 5.32 Å². The molecule has 1 heterocycles. The number of rotatable bonds is 5. The highest BCUT2D eigenvalue weighted by Crippen LogP contribution is 2.22. The Morgan fingerprint density at radius 1 is 1.44 bits per heavy atom. The van der Waals surface area contributed by atoms with E-state index < -0.39 is 11.9 Å². The Balaban J connectivity index is 2.59. The third-order valence-corrected chi connectivity index (χ3v) is 4.09. The molecule has 0 aliphatic heterocycles. The van der Waals surface area contributed by atoms with Crippen LogP contribution in [0.1, 0.15) is 18.7 Å². The standard InChI is InChI=1S/C12H16BrNO3S/c1-7(2)10(12(16)17-3)11(15)14-6-8-4-5-9(13)18-8/h4-5,7,10H,6H2,1-3H3,(H,14,15). The SMILES string of the molecule is COC(=O)C(C(=O)NCc1ccc(Br)s1)C(C)C. The van der Waals surface area contributed by atoms with Crippen LogP contribution >= 0.6 is 27.3 Å². The summed E-state index contributed by atoms with van der Waals surface area (Å²) in [6, 6.07) is 3.85. The van der Waals surface area contributed by atoms with Gasteiger partial charge in [-0.25, -0.2) is 0 Å². The van der Waals surface area contributed by atoms with Crippen LogP contribution in [0, 0.1) is 11.8 Å². The van der Waals surface area contributed by atoms with Gasteiger partial charge in [0.15, 0.2) is 0 Å². The van der Waals surface area contributed by atoms with E-state index in [0.717, 1.165) is 8.66 Å². The molecule has 1 amide bonds. The van der Waals surface area contributed by atoms with Gasteiger partial charge in [-0.2, -0.15) is 0 Å². The molecular formula is C12H16BrNO3S. The highest BCUT2D eigenvalue weighted by Gasteiger charge is 2.30. The lowest BCUT2D eigenvalue weighted by Crippen LogP contribution is -2.38. The first-order valence-corrected chi connectivity index (χ1v) is 7.16. The average Bonchev–Trinajstić information content (AvgIpc) is 2.72. The molecule has 0 fully saturated rings. The normalized spacial score (nSPS) is 12.3. The van der Waals surface area contributed by atoms with E-state index in [1.54, 1.807) is 11.3 Å². The monoisotopic (exact) mass is 333 g/mol. The summed E-state index contributed by atoms with van der Waals surface area (Å²) in [5.41, 5.74) is 0. The number of carbonyl (C=O) groups is 2. The molecule has 100 valence electrons. The molecule has 0 spiro atoms. The van der Waals surface area contributed by atoms with Crippen molar-refractivity contribution in [1.29, 1.82) is 0 Å². The number of ether oxygens (including phenoxy) is 1. The highest BCUT2D eigenvalue weighted by molar-refractivity contribution is 9.11. The maximum absolute atomic E-state index is 11.9. The lowest BCUT2D eigenvalue weighted by atomic mass is 9.95. The minimum Gasteiger partial charge on any atom is -0.468 e. The summed E-state index contributed by atoms with van der Waals surface area (Å²) in [5.74, 6) is -1.62. The zero-order valence-corrected chi connectivity index (χ0v) is 12.9. The maximum atomic E-state index is 11.9. The van der Waals surface area contributed by atoms with E-state index in [9.17, 15) is 9.59 Å². The van der Waals surface area contributed by atoms with E-state index in [0.29, 0.717) is 6.54 Å². The second-order valence-corrected chi connectivity index (χ2v) is 6.72. The Kier molecular flexibility index (Phi) is 5.81. The third-order valence-electron chi connectivity index (χ3n) is 2.47. The Labute approximate surface area is 119 Å². The van der Waals surface area contributed by atoms with E-state index in [1.807, 2.05) is 26.0 Å². The predicted molar refractivity (Wildman–Crippen MR) is 74.2 cm³/mol. The fraction of sp³-hybridized carbons (Fsp3) is 0.500. The van der Waals surface area contributed by atoms with E-state index in [1.165, 1.54) is 7.11 Å². The summed E-state index contributed by atoms with van der Waals surface area (Å²) >= 11 is 4.91. The van der Waals surface area contributed by atoms with E-state index >= 15 is 0 Å². The topological polar surface area (TPSA) is 55.4 Å². The Morgan fingerprint density at radius 3 is 2.56 bits per heavy atom. The first-order chi connectivity index (χ1) is 8.45. The molecule has 1 N–H and O–H groups in total. The summed E-state index contributed by atoms with van der Waals surface area (Å²) < 4.78 is 5.66. The van der Waals surface area contributed by atoms with Crippen molar-refractivity contribution >= 4 is 39.1 Å². The zero-order chi connectivity index (χ0) is 13.7. The number of thiophene rings is 1. The van der Waals surface area contributed by atoms with Crippen LogP contribution in [0.15, 0.2) is 15.9 Å². The lowest BCUT2D eigenvalue weighted by Gasteiger charge is -2.17. The van der Waals surface area contributed by atoms with Crippen LogP contribution in [-0.4, -0.2) is 19.0 Å². The van der Waals surface area contributed by atoms with Gasteiger partial charge in [-0.3, -0.25) is 9.59 Å². The average molecular weight is 334 g/mol. The van der Waals surface area contributed by atoms with Crippen LogP contribution in [-0.2, 0) is 20.9 Å². The summed E-state index contributed by atoms with van der Waals surface area (Å²) in [5, 5.41) is 2.76. The number of halogens is 1. The van der Waals surface area contributed by atoms with Crippen molar-refractivity contribution in [2.75, 3.05) is 7.11 Å². The lowest BCUT2D eigenvalue weighted by molar-refractivity contribution is -0.151. The smallest absolute Gasteiger partial charge is 0.318 e. The van der Waals surface area contributed by atoms with Crippen molar-refractivity contribution in [3.63, 3.8) is 0 Å². The molecule has 1 unspecified atom stereocenters. The van der Waals surface area contributed by atoms with Crippen molar-refractivity contribution in [3.05, 3.63) is 20.8 Å². The van der Waals surface area contributed by atoms with Crippen molar-refractivity contribution in [2.45, 2.75) is 20.4 Å². The zero-order valence-electron chi connectivity index (χ0n) is 10.5. The largest absolute Gasteiger partial charge is 0.468 e. The first-order valence-electron chi connectivity index (χ1n) is 5.55. The predicted octanol–water partition coefficient (Wildman–Crippen LogP) is 2.57. The van der Waals surface area contributed by atoms with Crippen LogP contribution in [0.25, 0.3) is 0 Å². The van der Waals surface area contributed by atoms with Gasteiger partial charge in [-0.15, -0.1) is 11.3 Å². The molecule has 1 rings (SSSR count). The van der Waals surface area contributed by atoms with E-state index in [-0.39, 0.29) is 11.8 Å². The van der Waals surface area contributed by atoms with Gasteiger partial charge in [0.2, 0.25) is 5.91 Å². The van der Waals surface area contributed by atoms with Crippen LogP contribution in [0.3, 0.4) is 0 Å². The molecule has 0 saturated carbocycles. The first kappa shape index (κ1) is 15.2. The van der Waals surface area contributed by atoms with Gasteiger partial charge in [-0.05, 0) is 34.0 Å². The third kappa shape index (κ3) is 4.10. The van der Waals surface area contributed by atoms with Gasteiger partial charge < -0.3 is 10.1 Å². The highest BCUT2D eigenvalue weighted by atomic mass is 79.9. The molecule has 4 nitrogen and oxygen atoms in total. The Bertz CT molecular complexity index is 431. The van der Waals surface area contributed by atoms with Gasteiger partial charge in [0.05, 0.1) is 17.4 Å². The van der Waals surface area contributed by atoms with Crippen molar-refractivity contribution in [2.24, 2.45) is 11.8 Å². The summed E-state index contributed by atoms with van der Waals surface area (Å²) in [6.07, 6.45) is 0. The molecule has 1 aromatic heterocycles. The number of esters is 1. The van der Waals surface area contributed by atoms with Crippen LogP contribution in [0.2, 0.25) is 0 Å². The molecule has 0 radical (unpaired) electrons. The van der Waals surface area contributed by atoms with Gasteiger partial charge in [0, 0.05) is 4.88 Å². The number of carbonyl (C=O) groups excluding carboxylic acids is 2. The molecule has 0 aliphatic rings. The second-order valence-electron chi connectivity index (χ2n) is 4.17. The number of hydrogen-bond donors (Lipinski definition) is 1. The van der Waals surface area contributed by atoms with Crippen molar-refractivity contribution < 1.29 is 14.3 Å². The molecule has 0 bridgehead atoms. The Hall–Kier alpha value is -0.880. The number of amides is 1. The second kappa shape index (κ2) is 6.89. The fourth-order valence-corrected chi connectivity index (χ4v) is 2.96. The number of nitrogens with one attached hydrogen (secondary N) is 1. The van der Waals surface area contributed by atoms with Crippen molar-refractivity contribution in [3.8, 4) is 0 Å². The minimum atomic E-state index is -0.751. The minimum absolute atomic E-state index is 0.0903. The Morgan fingerprint density at radius 2 is 2.11 bits per heavy atom. The summed E-state index contributed by atoms with van der Waals surface area (Å²) in [4.78, 5) is 24.5. The summed E-state index contributed by atoms with van der Waals surface area (Å²) in [6.45, 7) is 4.07. The molecule has 0 aromatic carbocycles. The number of methoxy groups -OCH3 is 1. The van der Waals surface area contributed by atoms with Gasteiger partial charge in [0.25, 0.3) is 0 Å².